The number of benzene rings is 4. The van der Waals surface area contributed by atoms with Gasteiger partial charge in [0.15, 0.2) is 0 Å². The monoisotopic (exact) mass is 522 g/mol. The van der Waals surface area contributed by atoms with Crippen LogP contribution in [0.25, 0.3) is 10.8 Å². The first-order chi connectivity index (χ1) is 18.9. The Balaban J connectivity index is 1.36. The maximum absolute atomic E-state index is 12.9. The zero-order valence-corrected chi connectivity index (χ0v) is 22.6. The second-order valence-electron chi connectivity index (χ2n) is 10.1. The Labute approximate surface area is 229 Å². The Morgan fingerprint density at radius 1 is 1.00 bits per heavy atom. The molecule has 0 bridgehead atoms. The fourth-order valence-corrected chi connectivity index (χ4v) is 5.40. The highest BCUT2D eigenvalue weighted by molar-refractivity contribution is 5.97. The maximum atomic E-state index is 12.9. The van der Waals surface area contributed by atoms with Crippen LogP contribution in [0.5, 0.6) is 5.75 Å². The van der Waals surface area contributed by atoms with Crippen molar-refractivity contribution in [3.05, 3.63) is 113 Å². The van der Waals surface area contributed by atoms with Gasteiger partial charge in [0.1, 0.15) is 18.4 Å². The molecule has 0 aromatic heterocycles. The van der Waals surface area contributed by atoms with Gasteiger partial charge in [-0.1, -0.05) is 72.8 Å². The van der Waals surface area contributed by atoms with Crippen LogP contribution in [-0.2, 0) is 9.53 Å². The molecule has 0 fully saturated rings. The van der Waals surface area contributed by atoms with E-state index >= 15 is 0 Å². The van der Waals surface area contributed by atoms with Gasteiger partial charge in [-0.05, 0) is 59.9 Å². The minimum atomic E-state index is -0.483. The summed E-state index contributed by atoms with van der Waals surface area (Å²) in [5.41, 5.74) is 4.83. The fourth-order valence-electron chi connectivity index (χ4n) is 5.40. The Morgan fingerprint density at radius 2 is 1.77 bits per heavy atom. The molecule has 1 heterocycles. The van der Waals surface area contributed by atoms with Gasteiger partial charge in [-0.25, -0.2) is 0 Å². The molecule has 200 valence electrons. The standard InChI is InChI=1S/C33H34N2O4/c1-21-15-16-24(17-29(21)33(37)35-20-32(36)38-3)30-18-25(39-31-14-7-6-12-28(30)31)19-34-22(2)26-13-8-10-23-9-4-5-11-27(23)26/h4-17,22,25,30,34H,18-20H2,1-3H3,(H,35,37). The SMILES string of the molecule is COC(=O)CNC(=O)c1cc(C2CC(CNC(C)c3cccc4ccccc34)Oc3ccccc32)ccc1C. The minimum absolute atomic E-state index is 0.0415. The highest BCUT2D eigenvalue weighted by atomic mass is 16.5. The van der Waals surface area contributed by atoms with E-state index in [4.69, 9.17) is 4.74 Å². The number of hydrogen-bond acceptors (Lipinski definition) is 5. The van der Waals surface area contributed by atoms with Crippen molar-refractivity contribution in [2.75, 3.05) is 20.2 Å². The topological polar surface area (TPSA) is 76.7 Å². The number of fused-ring (bicyclic) bond motifs is 2. The lowest BCUT2D eigenvalue weighted by Crippen LogP contribution is -2.37. The first-order valence-corrected chi connectivity index (χ1v) is 13.4. The number of ether oxygens (including phenoxy) is 2. The molecule has 1 aliphatic rings. The average molecular weight is 523 g/mol. The molecule has 0 saturated heterocycles. The summed E-state index contributed by atoms with van der Waals surface area (Å²) in [5.74, 6) is 0.170. The van der Waals surface area contributed by atoms with Crippen molar-refractivity contribution in [2.45, 2.75) is 38.3 Å². The summed E-state index contributed by atoms with van der Waals surface area (Å²) in [6.07, 6.45) is 0.735. The molecule has 4 aromatic rings. The molecule has 0 saturated carbocycles. The van der Waals surface area contributed by atoms with Crippen molar-refractivity contribution in [2.24, 2.45) is 0 Å². The summed E-state index contributed by atoms with van der Waals surface area (Å²) in [6, 6.07) is 29.2. The van der Waals surface area contributed by atoms with Gasteiger partial charge in [0.2, 0.25) is 0 Å². The van der Waals surface area contributed by atoms with E-state index in [9.17, 15) is 9.59 Å². The quantitative estimate of drug-likeness (QED) is 0.291. The molecule has 1 amide bonds. The molecule has 4 aromatic carbocycles. The van der Waals surface area contributed by atoms with Gasteiger partial charge in [0, 0.05) is 29.6 Å². The molecular formula is C33H34N2O4. The van der Waals surface area contributed by atoms with Gasteiger partial charge in [-0.3, -0.25) is 9.59 Å². The van der Waals surface area contributed by atoms with Gasteiger partial charge in [0.05, 0.1) is 7.11 Å². The predicted octanol–water partition coefficient (Wildman–Crippen LogP) is 5.68. The zero-order chi connectivity index (χ0) is 27.4. The Morgan fingerprint density at radius 3 is 2.62 bits per heavy atom. The first kappa shape index (κ1) is 26.4. The molecule has 39 heavy (non-hydrogen) atoms. The van der Waals surface area contributed by atoms with Gasteiger partial charge < -0.3 is 20.1 Å². The van der Waals surface area contributed by atoms with Crippen molar-refractivity contribution >= 4 is 22.6 Å². The molecule has 2 N–H and O–H groups in total. The van der Waals surface area contributed by atoms with Gasteiger partial charge in [-0.15, -0.1) is 0 Å². The highest BCUT2D eigenvalue weighted by Crippen LogP contribution is 2.41. The lowest BCUT2D eigenvalue weighted by molar-refractivity contribution is -0.139. The Hall–Kier alpha value is -4.16. The van der Waals surface area contributed by atoms with Crippen LogP contribution < -0.4 is 15.4 Å². The van der Waals surface area contributed by atoms with Crippen LogP contribution in [0.3, 0.4) is 0 Å². The number of aryl methyl sites for hydroxylation is 1. The zero-order valence-electron chi connectivity index (χ0n) is 22.6. The third kappa shape index (κ3) is 5.81. The summed E-state index contributed by atoms with van der Waals surface area (Å²) in [6.45, 7) is 4.61. The Kier molecular flexibility index (Phi) is 7.94. The molecular weight excluding hydrogens is 488 g/mol. The van der Waals surface area contributed by atoms with E-state index in [1.165, 1.54) is 23.4 Å². The van der Waals surface area contributed by atoms with Crippen LogP contribution in [-0.4, -0.2) is 38.2 Å². The van der Waals surface area contributed by atoms with E-state index in [0.29, 0.717) is 12.1 Å². The molecule has 0 aliphatic carbocycles. The fraction of sp³-hybridized carbons (Fsp3) is 0.273. The van der Waals surface area contributed by atoms with Crippen LogP contribution in [0, 0.1) is 6.92 Å². The smallest absolute Gasteiger partial charge is 0.325 e. The number of carbonyl (C=O) groups is 2. The first-order valence-electron chi connectivity index (χ1n) is 13.4. The summed E-state index contributed by atoms with van der Waals surface area (Å²) in [4.78, 5) is 24.4. The van der Waals surface area contributed by atoms with Crippen molar-refractivity contribution in [1.29, 1.82) is 0 Å². The highest BCUT2D eigenvalue weighted by Gasteiger charge is 2.30. The van der Waals surface area contributed by atoms with E-state index < -0.39 is 5.97 Å². The number of nitrogens with one attached hydrogen (secondary N) is 2. The molecule has 1 aliphatic heterocycles. The molecule has 3 atom stereocenters. The van der Waals surface area contributed by atoms with E-state index in [1.807, 2.05) is 37.3 Å². The number of carbonyl (C=O) groups excluding carboxylic acids is 2. The van der Waals surface area contributed by atoms with Crippen LogP contribution in [0.2, 0.25) is 0 Å². The number of hydrogen-bond donors (Lipinski definition) is 2. The molecule has 3 unspecified atom stereocenters. The van der Waals surface area contributed by atoms with Crippen LogP contribution in [0.15, 0.2) is 84.9 Å². The number of rotatable bonds is 8. The van der Waals surface area contributed by atoms with Gasteiger partial charge >= 0.3 is 5.97 Å². The van der Waals surface area contributed by atoms with Crippen LogP contribution >= 0.6 is 0 Å². The van der Waals surface area contributed by atoms with Crippen LogP contribution in [0.1, 0.15) is 57.9 Å². The van der Waals surface area contributed by atoms with Gasteiger partial charge in [0.25, 0.3) is 5.91 Å². The second kappa shape index (κ2) is 11.7. The molecule has 6 heteroatoms. The normalized spacial score (nSPS) is 17.1. The number of para-hydroxylation sites is 1. The van der Waals surface area contributed by atoms with Gasteiger partial charge in [-0.2, -0.15) is 0 Å². The molecule has 6 nitrogen and oxygen atoms in total. The van der Waals surface area contributed by atoms with Crippen molar-refractivity contribution < 1.29 is 19.1 Å². The van der Waals surface area contributed by atoms with E-state index in [1.54, 1.807) is 0 Å². The largest absolute Gasteiger partial charge is 0.489 e. The van der Waals surface area contributed by atoms with Crippen molar-refractivity contribution in [3.63, 3.8) is 0 Å². The maximum Gasteiger partial charge on any atom is 0.325 e. The summed E-state index contributed by atoms with van der Waals surface area (Å²) in [7, 11) is 1.30. The molecule has 0 radical (unpaired) electrons. The Bertz CT molecular complexity index is 1490. The van der Waals surface area contributed by atoms with E-state index in [0.717, 1.165) is 28.9 Å². The summed E-state index contributed by atoms with van der Waals surface area (Å²) >= 11 is 0. The minimum Gasteiger partial charge on any atom is -0.489 e. The second-order valence-corrected chi connectivity index (χ2v) is 10.1. The van der Waals surface area contributed by atoms with E-state index in [2.05, 4.69) is 76.9 Å². The van der Waals surface area contributed by atoms with Crippen molar-refractivity contribution in [3.8, 4) is 5.75 Å². The lowest BCUT2D eigenvalue weighted by Gasteiger charge is -2.33. The van der Waals surface area contributed by atoms with E-state index in [-0.39, 0.29) is 30.5 Å². The number of methoxy groups -OCH3 is 1. The average Bonchev–Trinajstić information content (AvgIpc) is 2.98. The predicted molar refractivity (Wildman–Crippen MR) is 153 cm³/mol. The lowest BCUT2D eigenvalue weighted by atomic mass is 9.83. The number of esters is 1. The molecule has 5 rings (SSSR count). The van der Waals surface area contributed by atoms with Crippen LogP contribution in [0.4, 0.5) is 0 Å². The van der Waals surface area contributed by atoms with Crippen molar-refractivity contribution in [1.82, 2.24) is 10.6 Å². The number of amides is 1. The third-order valence-corrected chi connectivity index (χ3v) is 7.56. The molecule has 0 spiro atoms. The summed E-state index contributed by atoms with van der Waals surface area (Å²) < 4.78 is 11.1. The summed E-state index contributed by atoms with van der Waals surface area (Å²) in [5, 5.41) is 8.85. The third-order valence-electron chi connectivity index (χ3n) is 7.56.